The van der Waals surface area contributed by atoms with E-state index in [1.54, 1.807) is 108 Å². The van der Waals surface area contributed by atoms with Crippen molar-refractivity contribution in [1.29, 1.82) is 0 Å². The number of nitrogens with zero attached hydrogens (tertiary/aromatic N) is 8. The molecule has 0 radical (unpaired) electrons. The fraction of sp³-hybridized carbons (Fsp3) is 0.695. The van der Waals surface area contributed by atoms with Crippen LogP contribution in [0, 0.1) is 23.7 Å². The summed E-state index contributed by atoms with van der Waals surface area (Å²) in [6, 6.07) is 5.63. The molecule has 0 aliphatic carbocycles. The van der Waals surface area contributed by atoms with Crippen molar-refractivity contribution in [2.24, 2.45) is 23.7 Å². The van der Waals surface area contributed by atoms with Gasteiger partial charge in [0.25, 0.3) is 0 Å². The normalized spacial score (nSPS) is 15.6. The minimum Gasteiger partial charge on any atom is -0.466 e. The molecule has 12 amide bonds. The Balaban J connectivity index is 1.96. The molecule has 1 aliphatic rings. The van der Waals surface area contributed by atoms with Crippen LogP contribution in [0.15, 0.2) is 60.7 Å². The van der Waals surface area contributed by atoms with Crippen LogP contribution in [-0.4, -0.2) is 271 Å². The quantitative estimate of drug-likeness (QED) is 0.0383. The van der Waals surface area contributed by atoms with Crippen LogP contribution in [0.25, 0.3) is 0 Å². The molecular formula is C82H134N12O16. The number of carbonyl (C=O) groups is 13. The predicted octanol–water partition coefficient (Wildman–Crippen LogP) is 7.03. The first-order chi connectivity index (χ1) is 51.5. The summed E-state index contributed by atoms with van der Waals surface area (Å²) < 4.78 is 17.1. The first-order valence-electron chi connectivity index (χ1n) is 39.4. The Morgan fingerprint density at radius 1 is 0.500 bits per heavy atom. The molecule has 0 bridgehead atoms. The number of likely N-dealkylation sites (tertiary alicyclic amines) is 1. The average Bonchev–Trinajstić information content (AvgIpc) is 0.859. The smallest absolute Gasteiger partial charge is 0.410 e. The van der Waals surface area contributed by atoms with Crippen molar-refractivity contribution in [3.63, 3.8) is 0 Å². The number of hydrogen-bond donors (Lipinski definition) is 4. The van der Waals surface area contributed by atoms with Gasteiger partial charge in [0.2, 0.25) is 65.0 Å². The van der Waals surface area contributed by atoms with Gasteiger partial charge in [0.05, 0.1) is 25.7 Å². The highest BCUT2D eigenvalue weighted by Gasteiger charge is 2.44. The molecule has 0 spiro atoms. The van der Waals surface area contributed by atoms with Gasteiger partial charge >= 0.3 is 12.1 Å². The highest BCUT2D eigenvalue weighted by atomic mass is 16.6. The maximum atomic E-state index is 15.1. The first kappa shape index (κ1) is 95.5. The molecule has 28 nitrogen and oxygen atoms in total. The molecule has 4 N–H and O–H groups in total. The fourth-order valence-electron chi connectivity index (χ4n) is 13.3. The summed E-state index contributed by atoms with van der Waals surface area (Å²) in [5, 5.41) is 11.4. The number of nitrogens with one attached hydrogen (secondary N) is 4. The molecule has 2 aromatic rings. The Morgan fingerprint density at radius 3 is 1.52 bits per heavy atom. The van der Waals surface area contributed by atoms with E-state index in [0.29, 0.717) is 43.5 Å². The van der Waals surface area contributed by atoms with Gasteiger partial charge in [-0.15, -0.1) is 0 Å². The lowest BCUT2D eigenvalue weighted by Crippen LogP contribution is -2.62. The van der Waals surface area contributed by atoms with Crippen molar-refractivity contribution in [3.05, 3.63) is 71.8 Å². The lowest BCUT2D eigenvalue weighted by atomic mass is 9.96. The molecule has 28 heteroatoms. The maximum Gasteiger partial charge on any atom is 0.410 e. The second kappa shape index (κ2) is 46.2. The van der Waals surface area contributed by atoms with Crippen molar-refractivity contribution in [2.45, 2.75) is 266 Å². The Bertz CT molecular complexity index is 3330. The van der Waals surface area contributed by atoms with Crippen LogP contribution in [0.4, 0.5) is 4.79 Å². The minimum atomic E-state index is -1.43. The molecule has 1 fully saturated rings. The van der Waals surface area contributed by atoms with E-state index in [9.17, 15) is 47.9 Å². The molecule has 110 heavy (non-hydrogen) atoms. The van der Waals surface area contributed by atoms with Crippen molar-refractivity contribution < 1.29 is 76.5 Å². The second-order valence-corrected chi connectivity index (χ2v) is 31.9. The Kier molecular flexibility index (Phi) is 40.1. The molecule has 1 aliphatic heterocycles. The van der Waals surface area contributed by atoms with Gasteiger partial charge in [0.1, 0.15) is 66.0 Å². The zero-order valence-corrected chi connectivity index (χ0v) is 70.3. The second-order valence-electron chi connectivity index (χ2n) is 31.9. The van der Waals surface area contributed by atoms with Gasteiger partial charge in [-0.2, -0.15) is 0 Å². The number of carbonyl (C=O) groups excluding carboxylic acids is 13. The minimum absolute atomic E-state index is 0.0106. The van der Waals surface area contributed by atoms with Crippen LogP contribution in [0.5, 0.6) is 0 Å². The SMILES string of the molecule is CCCCOC(=O)C[C@H](NC(=O)[C@H](C(C)C)N(C)C(=O)[C@H](Cc1ccccc1)N(C)C(=O)[C@H](C)NC(=O)[C@H]([C@@H](C)CC)N(C)C(=O)CN(C)C(=O)[C@@H](NC(=O)[C@H](CC(C)C)N(C)C(=O)[C@H](CC(C)C)NC(=O)[C@H](Cc1ccccc1)N(C)C(=O)[C@H](C)N(C)C(=O)OC(C)(C)C)[C@@H](C)OCCCC)C(=O)N1CCCCC1. The van der Waals surface area contributed by atoms with Crippen LogP contribution < -0.4 is 21.3 Å². The number of piperidine rings is 1. The van der Waals surface area contributed by atoms with Crippen molar-refractivity contribution in [2.75, 3.05) is 82.2 Å². The van der Waals surface area contributed by atoms with Gasteiger partial charge in [0.15, 0.2) is 0 Å². The van der Waals surface area contributed by atoms with E-state index in [2.05, 4.69) is 21.3 Å². The number of ether oxygens (including phenoxy) is 3. The van der Waals surface area contributed by atoms with E-state index in [0.717, 1.165) is 41.9 Å². The largest absolute Gasteiger partial charge is 0.466 e. The van der Waals surface area contributed by atoms with Gasteiger partial charge in [-0.3, -0.25) is 62.4 Å². The number of likely N-dealkylation sites (N-methyl/N-ethyl adjacent to an activating group) is 7. The third kappa shape index (κ3) is 29.5. The van der Waals surface area contributed by atoms with E-state index in [1.165, 1.54) is 87.7 Å². The zero-order chi connectivity index (χ0) is 83.2. The summed E-state index contributed by atoms with van der Waals surface area (Å²) in [7, 11) is 10.00. The molecule has 3 rings (SSSR count). The van der Waals surface area contributed by atoms with E-state index in [4.69, 9.17) is 14.2 Å². The van der Waals surface area contributed by atoms with Crippen LogP contribution in [0.1, 0.15) is 193 Å². The molecule has 618 valence electrons. The van der Waals surface area contributed by atoms with Crippen molar-refractivity contribution in [1.82, 2.24) is 60.5 Å². The van der Waals surface area contributed by atoms with E-state index >= 15 is 14.4 Å². The highest BCUT2D eigenvalue weighted by Crippen LogP contribution is 2.24. The molecular weight excluding hydrogens is 1410 g/mol. The van der Waals surface area contributed by atoms with Gasteiger partial charge in [-0.25, -0.2) is 4.79 Å². The van der Waals surface area contributed by atoms with Crippen molar-refractivity contribution >= 4 is 77.0 Å². The highest BCUT2D eigenvalue weighted by molar-refractivity contribution is 5.99. The fourth-order valence-corrected chi connectivity index (χ4v) is 13.3. The number of amides is 12. The van der Waals surface area contributed by atoms with Gasteiger partial charge in [-0.1, -0.05) is 149 Å². The molecule has 2 aromatic carbocycles. The lowest BCUT2D eigenvalue weighted by Gasteiger charge is -2.38. The van der Waals surface area contributed by atoms with Gasteiger partial charge in [0, 0.05) is 81.9 Å². The third-order valence-corrected chi connectivity index (χ3v) is 20.2. The van der Waals surface area contributed by atoms with Crippen molar-refractivity contribution in [3.8, 4) is 0 Å². The zero-order valence-electron chi connectivity index (χ0n) is 70.3. The summed E-state index contributed by atoms with van der Waals surface area (Å²) in [5.41, 5.74) is 0.542. The Labute approximate surface area is 655 Å². The van der Waals surface area contributed by atoms with E-state index in [1.807, 2.05) is 54.5 Å². The summed E-state index contributed by atoms with van der Waals surface area (Å²) >= 11 is 0. The van der Waals surface area contributed by atoms with Gasteiger partial charge in [-0.05, 0) is 121 Å². The molecule has 0 saturated carbocycles. The molecule has 0 aromatic heterocycles. The van der Waals surface area contributed by atoms with Gasteiger partial charge < -0.3 is 69.8 Å². The topological polar surface area (TPSA) is 324 Å². The van der Waals surface area contributed by atoms with Crippen LogP contribution in [0.3, 0.4) is 0 Å². The monoisotopic (exact) mass is 1540 g/mol. The molecule has 1 saturated heterocycles. The number of benzene rings is 2. The number of hydrogen-bond acceptors (Lipinski definition) is 16. The molecule has 12 atom stereocenters. The summed E-state index contributed by atoms with van der Waals surface area (Å²) in [6.07, 6.45) is 3.73. The first-order valence-corrected chi connectivity index (χ1v) is 39.4. The number of esters is 1. The predicted molar refractivity (Wildman–Crippen MR) is 422 cm³/mol. The molecule has 1 heterocycles. The van der Waals surface area contributed by atoms with E-state index in [-0.39, 0.29) is 50.7 Å². The molecule has 0 unspecified atom stereocenters. The van der Waals surface area contributed by atoms with Crippen LogP contribution in [0.2, 0.25) is 0 Å². The summed E-state index contributed by atoms with van der Waals surface area (Å²) in [4.78, 5) is 199. The Morgan fingerprint density at radius 2 is 1.00 bits per heavy atom. The summed E-state index contributed by atoms with van der Waals surface area (Å²) in [6.45, 7) is 28.9. The average molecular weight is 1540 g/mol. The summed E-state index contributed by atoms with van der Waals surface area (Å²) in [5.74, 6) is -9.19. The van der Waals surface area contributed by atoms with Crippen LogP contribution >= 0.6 is 0 Å². The number of rotatable bonds is 43. The maximum absolute atomic E-state index is 15.1. The standard InChI is InChI=1S/C82H134N12O16/c1-24-27-44-108-58(13)68(86-72(98)63(47-53(6)7)90(20)77(103)61(46-52(4)5)84-71(97)64(48-59-38-32-29-33-39-59)89(19)76(102)57(12)88(18)81(107)110-82(14,15)16)80(106)87(17)51-66(95)92(22)70(55(10)26-3)74(100)83-56(11)75(101)91(21)65(49-60-40-34-30-35-41-60)79(105)93(23)69(54(8)9)73(99)85-62(50-67(96)109-45-28-25-2)78(104)94-42-36-31-37-43-94/h29-30,32-35,38-41,52-58,61-65,68-70H,24-28,31,36-37,42-51H2,1-23H3,(H,83,100)(H,84,97)(H,85,99)(H,86,98)/t55-,56-,57-,58+,61-,62-,63-,64-,65-,68-,69-,70-/m0/s1. The van der Waals surface area contributed by atoms with Crippen LogP contribution in [-0.2, 0) is 84.6 Å². The lowest BCUT2D eigenvalue weighted by molar-refractivity contribution is -0.151. The Hall–Kier alpha value is -8.69. The van der Waals surface area contributed by atoms with E-state index < -0.39 is 174 Å². The third-order valence-electron chi connectivity index (χ3n) is 20.2. The number of unbranched alkanes of at least 4 members (excludes halogenated alkanes) is 2.